The molecular formula is C12H14O3. The number of benzene rings is 1. The Morgan fingerprint density at radius 1 is 1.27 bits per heavy atom. The number of carbonyl (C=O) groups is 2. The van der Waals surface area contributed by atoms with Gasteiger partial charge in [0.25, 0.3) is 0 Å². The Morgan fingerprint density at radius 2 is 1.87 bits per heavy atom. The van der Waals surface area contributed by atoms with Gasteiger partial charge in [-0.05, 0) is 5.56 Å². The highest BCUT2D eigenvalue weighted by Crippen LogP contribution is 2.07. The molecule has 0 saturated carbocycles. The number of hydrogen-bond acceptors (Lipinski definition) is 2. The third kappa shape index (κ3) is 3.94. The number of carboxylic acids is 1. The van der Waals surface area contributed by atoms with Gasteiger partial charge in [0.2, 0.25) is 0 Å². The molecule has 0 fully saturated rings. The van der Waals surface area contributed by atoms with E-state index in [0.29, 0.717) is 6.42 Å². The van der Waals surface area contributed by atoms with Crippen molar-refractivity contribution in [3.63, 3.8) is 0 Å². The van der Waals surface area contributed by atoms with Crippen LogP contribution in [0.25, 0.3) is 0 Å². The van der Waals surface area contributed by atoms with Crippen LogP contribution >= 0.6 is 0 Å². The minimum Gasteiger partial charge on any atom is -0.481 e. The van der Waals surface area contributed by atoms with Crippen LogP contribution in [0.3, 0.4) is 0 Å². The van der Waals surface area contributed by atoms with Gasteiger partial charge in [0, 0.05) is 12.8 Å². The number of carboxylic acid groups (broad SMARTS) is 1. The summed E-state index contributed by atoms with van der Waals surface area (Å²) in [6, 6.07) is 9.34. The van der Waals surface area contributed by atoms with Crippen LogP contribution in [-0.2, 0) is 16.0 Å². The predicted molar refractivity (Wildman–Crippen MR) is 56.6 cm³/mol. The maximum atomic E-state index is 11.5. The Labute approximate surface area is 88.7 Å². The van der Waals surface area contributed by atoms with Crippen LogP contribution < -0.4 is 0 Å². The average Bonchev–Trinajstić information content (AvgIpc) is 2.18. The molecule has 0 radical (unpaired) electrons. The number of aliphatic carboxylic acids is 1. The summed E-state index contributed by atoms with van der Waals surface area (Å²) in [5, 5.41) is 8.64. The SMILES string of the molecule is C[C@@H](CC(=O)Cc1ccccc1)C(=O)O. The summed E-state index contributed by atoms with van der Waals surface area (Å²) >= 11 is 0. The third-order valence-electron chi connectivity index (χ3n) is 2.20. The van der Waals surface area contributed by atoms with Crippen molar-refractivity contribution >= 4 is 11.8 Å². The molecule has 15 heavy (non-hydrogen) atoms. The lowest BCUT2D eigenvalue weighted by molar-refractivity contribution is -0.143. The molecular weight excluding hydrogens is 192 g/mol. The molecule has 0 amide bonds. The largest absolute Gasteiger partial charge is 0.481 e. The highest BCUT2D eigenvalue weighted by Gasteiger charge is 2.15. The van der Waals surface area contributed by atoms with Crippen LogP contribution in [0, 0.1) is 5.92 Å². The minimum atomic E-state index is -0.920. The fourth-order valence-electron chi connectivity index (χ4n) is 1.32. The standard InChI is InChI=1S/C12H14O3/c1-9(12(14)15)7-11(13)8-10-5-3-2-4-6-10/h2-6,9H,7-8H2,1H3,(H,14,15)/t9-/m0/s1. The molecule has 0 heterocycles. The summed E-state index contributed by atoms with van der Waals surface area (Å²) in [7, 11) is 0. The Kier molecular flexibility index (Phi) is 4.03. The first-order chi connectivity index (χ1) is 7.09. The monoisotopic (exact) mass is 206 g/mol. The molecule has 0 saturated heterocycles. The second kappa shape index (κ2) is 5.29. The zero-order valence-corrected chi connectivity index (χ0v) is 8.64. The van der Waals surface area contributed by atoms with Crippen LogP contribution in [0.5, 0.6) is 0 Å². The summed E-state index contributed by atoms with van der Waals surface area (Å²) in [4.78, 5) is 22.0. The van der Waals surface area contributed by atoms with Crippen LogP contribution in [0.2, 0.25) is 0 Å². The summed E-state index contributed by atoms with van der Waals surface area (Å²) in [5.41, 5.74) is 0.931. The van der Waals surface area contributed by atoms with Crippen LogP contribution in [0.4, 0.5) is 0 Å². The summed E-state index contributed by atoms with van der Waals surface area (Å²) in [6.07, 6.45) is 0.419. The smallest absolute Gasteiger partial charge is 0.306 e. The molecule has 1 atom stereocenters. The fraction of sp³-hybridized carbons (Fsp3) is 0.333. The van der Waals surface area contributed by atoms with Crippen molar-refractivity contribution in [2.24, 2.45) is 5.92 Å². The van der Waals surface area contributed by atoms with E-state index < -0.39 is 11.9 Å². The molecule has 3 heteroatoms. The van der Waals surface area contributed by atoms with E-state index in [2.05, 4.69) is 0 Å². The van der Waals surface area contributed by atoms with Crippen molar-refractivity contribution in [3.8, 4) is 0 Å². The Hall–Kier alpha value is -1.64. The maximum absolute atomic E-state index is 11.5. The molecule has 1 rings (SSSR count). The van der Waals surface area contributed by atoms with Gasteiger partial charge in [-0.2, -0.15) is 0 Å². The van der Waals surface area contributed by atoms with Crippen LogP contribution in [0.15, 0.2) is 30.3 Å². The Morgan fingerprint density at radius 3 is 2.40 bits per heavy atom. The van der Waals surface area contributed by atoms with E-state index in [1.807, 2.05) is 30.3 Å². The van der Waals surface area contributed by atoms with Gasteiger partial charge in [-0.15, -0.1) is 0 Å². The van der Waals surface area contributed by atoms with Crippen molar-refractivity contribution in [3.05, 3.63) is 35.9 Å². The number of Topliss-reactive ketones (excluding diaryl/α,β-unsaturated/α-hetero) is 1. The van der Waals surface area contributed by atoms with Gasteiger partial charge < -0.3 is 5.11 Å². The van der Waals surface area contributed by atoms with Gasteiger partial charge in [-0.3, -0.25) is 9.59 Å². The topological polar surface area (TPSA) is 54.4 Å². The van der Waals surface area contributed by atoms with Gasteiger partial charge in [-0.1, -0.05) is 37.3 Å². The zero-order chi connectivity index (χ0) is 11.3. The number of hydrogen-bond donors (Lipinski definition) is 1. The summed E-state index contributed by atoms with van der Waals surface area (Å²) in [6.45, 7) is 1.55. The first kappa shape index (κ1) is 11.4. The van der Waals surface area contributed by atoms with Gasteiger partial charge in [0.05, 0.1) is 5.92 Å². The molecule has 0 spiro atoms. The first-order valence-electron chi connectivity index (χ1n) is 4.88. The molecule has 0 bridgehead atoms. The van der Waals surface area contributed by atoms with Crippen molar-refractivity contribution < 1.29 is 14.7 Å². The molecule has 0 aliphatic heterocycles. The van der Waals surface area contributed by atoms with Gasteiger partial charge >= 0.3 is 5.97 Å². The average molecular weight is 206 g/mol. The lowest BCUT2D eigenvalue weighted by Crippen LogP contribution is -2.15. The molecule has 0 aliphatic carbocycles. The molecule has 1 aromatic rings. The third-order valence-corrected chi connectivity index (χ3v) is 2.20. The van der Waals surface area contributed by atoms with Crippen LogP contribution in [-0.4, -0.2) is 16.9 Å². The van der Waals surface area contributed by atoms with Gasteiger partial charge in [0.15, 0.2) is 0 Å². The van der Waals surface area contributed by atoms with E-state index in [1.165, 1.54) is 0 Å². The number of carbonyl (C=O) groups excluding carboxylic acids is 1. The van der Waals surface area contributed by atoms with Crippen molar-refractivity contribution in [1.82, 2.24) is 0 Å². The highest BCUT2D eigenvalue weighted by molar-refractivity contribution is 5.85. The Balaban J connectivity index is 2.47. The molecule has 3 nitrogen and oxygen atoms in total. The zero-order valence-electron chi connectivity index (χ0n) is 8.64. The molecule has 0 unspecified atom stereocenters. The van der Waals surface area contributed by atoms with Crippen molar-refractivity contribution in [2.75, 3.05) is 0 Å². The molecule has 1 aromatic carbocycles. The molecule has 0 aromatic heterocycles. The second-order valence-electron chi connectivity index (χ2n) is 3.64. The second-order valence-corrected chi connectivity index (χ2v) is 3.64. The van der Waals surface area contributed by atoms with E-state index in [1.54, 1.807) is 6.92 Å². The van der Waals surface area contributed by atoms with E-state index in [4.69, 9.17) is 5.11 Å². The Bertz CT molecular complexity index is 343. The number of rotatable bonds is 5. The quantitative estimate of drug-likeness (QED) is 0.800. The lowest BCUT2D eigenvalue weighted by Gasteiger charge is -2.04. The minimum absolute atomic E-state index is 0.0314. The van der Waals surface area contributed by atoms with Gasteiger partial charge in [-0.25, -0.2) is 0 Å². The normalized spacial score (nSPS) is 12.1. The highest BCUT2D eigenvalue weighted by atomic mass is 16.4. The van der Waals surface area contributed by atoms with Crippen molar-refractivity contribution in [2.45, 2.75) is 19.8 Å². The molecule has 80 valence electrons. The fourth-order valence-corrected chi connectivity index (χ4v) is 1.32. The van der Waals surface area contributed by atoms with E-state index >= 15 is 0 Å². The molecule has 0 aliphatic rings. The van der Waals surface area contributed by atoms with E-state index in [9.17, 15) is 9.59 Å². The summed E-state index contributed by atoms with van der Waals surface area (Å²) < 4.78 is 0. The summed E-state index contributed by atoms with van der Waals surface area (Å²) in [5.74, 6) is -1.55. The van der Waals surface area contributed by atoms with Crippen molar-refractivity contribution in [1.29, 1.82) is 0 Å². The van der Waals surface area contributed by atoms with Crippen LogP contribution in [0.1, 0.15) is 18.9 Å². The maximum Gasteiger partial charge on any atom is 0.306 e. The van der Waals surface area contributed by atoms with E-state index in [-0.39, 0.29) is 12.2 Å². The first-order valence-corrected chi connectivity index (χ1v) is 4.88. The van der Waals surface area contributed by atoms with Gasteiger partial charge in [0.1, 0.15) is 5.78 Å². The lowest BCUT2D eigenvalue weighted by atomic mass is 10.00. The molecule has 1 N–H and O–H groups in total. The van der Waals surface area contributed by atoms with E-state index in [0.717, 1.165) is 5.56 Å². The number of ketones is 1. The predicted octanol–water partition coefficient (Wildman–Crippen LogP) is 1.91.